The Hall–Kier alpha value is -0.810. The molecule has 9 nitrogen and oxygen atoms in total. The van der Waals surface area contributed by atoms with E-state index in [1.807, 2.05) is 0 Å². The monoisotopic (exact) mass is 786 g/mol. The second-order valence-corrected chi connectivity index (χ2v) is 16.9. The summed E-state index contributed by atoms with van der Waals surface area (Å²) in [7, 11) is 0. The van der Waals surface area contributed by atoms with Gasteiger partial charge in [-0.3, -0.25) is 4.79 Å². The number of rotatable bonds is 40. The van der Waals surface area contributed by atoms with Crippen molar-refractivity contribution in [1.29, 1.82) is 0 Å². The summed E-state index contributed by atoms with van der Waals surface area (Å²) < 4.78 is 11.1. The molecule has 0 saturated carbocycles. The van der Waals surface area contributed by atoms with Crippen LogP contribution in [0.25, 0.3) is 0 Å². The number of carbonyl (C=O) groups excluding carboxylic acids is 1. The number of nitrogens with one attached hydrogen (secondary N) is 1. The number of aliphatic hydroxyl groups excluding tert-OH is 5. The number of amides is 1. The van der Waals surface area contributed by atoms with Crippen molar-refractivity contribution in [2.75, 3.05) is 13.2 Å². The largest absolute Gasteiger partial charge is 0.394 e. The molecule has 0 radical (unpaired) electrons. The lowest BCUT2D eigenvalue weighted by Crippen LogP contribution is -2.60. The van der Waals surface area contributed by atoms with Crippen LogP contribution in [-0.4, -0.2) is 87.5 Å². The molecule has 6 N–H and O–H groups in total. The Balaban J connectivity index is 2.01. The van der Waals surface area contributed by atoms with Gasteiger partial charge in [0.2, 0.25) is 5.91 Å². The van der Waals surface area contributed by atoms with Crippen LogP contribution in [0.5, 0.6) is 0 Å². The maximum Gasteiger partial charge on any atom is 0.220 e. The van der Waals surface area contributed by atoms with Gasteiger partial charge in [-0.05, 0) is 12.8 Å². The highest BCUT2D eigenvalue weighted by Gasteiger charge is 2.44. The van der Waals surface area contributed by atoms with Gasteiger partial charge in [0.05, 0.1) is 25.4 Å². The van der Waals surface area contributed by atoms with Gasteiger partial charge in [0.1, 0.15) is 24.4 Å². The fourth-order valence-electron chi connectivity index (χ4n) is 7.87. The topological polar surface area (TPSA) is 149 Å². The van der Waals surface area contributed by atoms with E-state index in [-0.39, 0.29) is 12.5 Å². The summed E-state index contributed by atoms with van der Waals surface area (Å²) in [5, 5.41) is 53.7. The third-order valence-corrected chi connectivity index (χ3v) is 11.7. The lowest BCUT2D eigenvalue weighted by molar-refractivity contribution is -0.302. The van der Waals surface area contributed by atoms with Crippen LogP contribution in [-0.2, 0) is 14.3 Å². The fourth-order valence-corrected chi connectivity index (χ4v) is 7.87. The predicted octanol–water partition coefficient (Wildman–Crippen LogP) is 9.95. The summed E-state index contributed by atoms with van der Waals surface area (Å²) in [4.78, 5) is 12.8. The molecule has 1 aliphatic heterocycles. The molecule has 0 aliphatic carbocycles. The highest BCUT2D eigenvalue weighted by molar-refractivity contribution is 5.76. The molecule has 328 valence electrons. The predicted molar refractivity (Wildman–Crippen MR) is 226 cm³/mol. The van der Waals surface area contributed by atoms with E-state index in [0.29, 0.717) is 12.8 Å². The van der Waals surface area contributed by atoms with Gasteiger partial charge < -0.3 is 40.3 Å². The second kappa shape index (κ2) is 37.5. The first-order valence-corrected chi connectivity index (χ1v) is 23.7. The Bertz CT molecular complexity index is 832. The highest BCUT2D eigenvalue weighted by atomic mass is 16.7. The second-order valence-electron chi connectivity index (χ2n) is 16.9. The maximum atomic E-state index is 12.8. The lowest BCUT2D eigenvalue weighted by atomic mass is 9.99. The smallest absolute Gasteiger partial charge is 0.220 e. The van der Waals surface area contributed by atoms with E-state index in [1.54, 1.807) is 0 Å². The number of aliphatic hydroxyl groups is 5. The number of carbonyl (C=O) groups is 1. The third-order valence-electron chi connectivity index (χ3n) is 11.7. The van der Waals surface area contributed by atoms with Crippen LogP contribution in [0.1, 0.15) is 232 Å². The van der Waals surface area contributed by atoms with Crippen molar-refractivity contribution >= 4 is 5.91 Å². The molecule has 1 rings (SSSR count). The Morgan fingerprint density at radius 1 is 0.545 bits per heavy atom. The van der Waals surface area contributed by atoms with E-state index in [4.69, 9.17) is 9.47 Å². The summed E-state index contributed by atoms with van der Waals surface area (Å²) in [5.74, 6) is -0.148. The standard InChI is InChI=1S/C46H91NO8/c1-3-5-7-9-10-11-12-13-14-15-16-17-18-19-20-21-22-23-24-25-26-27-28-29-30-31-32-34-36-42(50)47-39(40(49)35-33-8-6-4-2)38-54-46-45(53)44(52)43(51)41(37-48)55-46/h39-41,43-46,48-49,51-53H,3-38H2,1-2H3,(H,47,50). The summed E-state index contributed by atoms with van der Waals surface area (Å²) in [6, 6.07) is -0.708. The highest BCUT2D eigenvalue weighted by Crippen LogP contribution is 2.23. The zero-order valence-corrected chi connectivity index (χ0v) is 36.0. The molecular formula is C46H91NO8. The minimum atomic E-state index is -1.55. The number of unbranched alkanes of at least 4 members (excludes halogenated alkanes) is 30. The van der Waals surface area contributed by atoms with Crippen LogP contribution in [0.2, 0.25) is 0 Å². The van der Waals surface area contributed by atoms with Crippen molar-refractivity contribution in [3.63, 3.8) is 0 Å². The lowest BCUT2D eigenvalue weighted by Gasteiger charge is -2.40. The van der Waals surface area contributed by atoms with Gasteiger partial charge in [0.25, 0.3) is 0 Å². The van der Waals surface area contributed by atoms with Crippen molar-refractivity contribution in [1.82, 2.24) is 5.32 Å². The van der Waals surface area contributed by atoms with Crippen LogP contribution >= 0.6 is 0 Å². The molecular weight excluding hydrogens is 695 g/mol. The van der Waals surface area contributed by atoms with Crippen molar-refractivity contribution in [3.8, 4) is 0 Å². The van der Waals surface area contributed by atoms with E-state index in [2.05, 4.69) is 19.2 Å². The molecule has 7 atom stereocenters. The normalized spacial score (nSPS) is 21.2. The average Bonchev–Trinajstić information content (AvgIpc) is 3.18. The zero-order chi connectivity index (χ0) is 40.2. The third kappa shape index (κ3) is 28.3. The molecule has 1 saturated heterocycles. The minimum absolute atomic E-state index is 0.136. The SMILES string of the molecule is CCCCCCCCCCCCCCCCCCCCCCCCCCCCCCC(=O)NC(COC1OC(CO)C(O)C(O)C1O)C(O)CCCCCC. The molecule has 0 aromatic carbocycles. The minimum Gasteiger partial charge on any atom is -0.394 e. The van der Waals surface area contributed by atoms with Crippen LogP contribution in [0, 0.1) is 0 Å². The average molecular weight is 786 g/mol. The molecule has 0 spiro atoms. The van der Waals surface area contributed by atoms with E-state index in [9.17, 15) is 30.3 Å². The molecule has 1 aliphatic rings. The van der Waals surface area contributed by atoms with Crippen LogP contribution < -0.4 is 5.32 Å². The molecule has 1 heterocycles. The molecule has 9 heteroatoms. The molecule has 7 unspecified atom stereocenters. The van der Waals surface area contributed by atoms with Gasteiger partial charge in [-0.15, -0.1) is 0 Å². The van der Waals surface area contributed by atoms with Crippen molar-refractivity contribution in [3.05, 3.63) is 0 Å². The van der Waals surface area contributed by atoms with Crippen LogP contribution in [0.4, 0.5) is 0 Å². The quantitative estimate of drug-likeness (QED) is 0.0337. The van der Waals surface area contributed by atoms with Gasteiger partial charge >= 0.3 is 0 Å². The van der Waals surface area contributed by atoms with Gasteiger partial charge in [-0.25, -0.2) is 0 Å². The van der Waals surface area contributed by atoms with Crippen molar-refractivity contribution in [2.24, 2.45) is 0 Å². The van der Waals surface area contributed by atoms with Gasteiger partial charge in [-0.1, -0.05) is 213 Å². The molecule has 1 fully saturated rings. The summed E-state index contributed by atoms with van der Waals surface area (Å²) in [5.41, 5.74) is 0. The van der Waals surface area contributed by atoms with Crippen LogP contribution in [0.3, 0.4) is 0 Å². The Morgan fingerprint density at radius 2 is 0.909 bits per heavy atom. The Morgan fingerprint density at radius 3 is 1.29 bits per heavy atom. The summed E-state index contributed by atoms with van der Waals surface area (Å²) in [6.45, 7) is 3.73. The molecule has 55 heavy (non-hydrogen) atoms. The molecule has 0 bridgehead atoms. The van der Waals surface area contributed by atoms with Gasteiger partial charge in [-0.2, -0.15) is 0 Å². The van der Waals surface area contributed by atoms with Crippen molar-refractivity contribution in [2.45, 2.75) is 275 Å². The first kappa shape index (κ1) is 52.2. The first-order valence-electron chi connectivity index (χ1n) is 23.7. The number of ether oxygens (including phenoxy) is 2. The number of hydrogen-bond donors (Lipinski definition) is 6. The zero-order valence-electron chi connectivity index (χ0n) is 36.0. The molecule has 0 aromatic rings. The summed E-state index contributed by atoms with van der Waals surface area (Å²) in [6.07, 6.45) is 34.9. The van der Waals surface area contributed by atoms with E-state index in [0.717, 1.165) is 44.9 Å². The molecule has 0 aromatic heterocycles. The maximum absolute atomic E-state index is 12.8. The number of hydrogen-bond acceptors (Lipinski definition) is 8. The Kier molecular flexibility index (Phi) is 35.6. The van der Waals surface area contributed by atoms with E-state index >= 15 is 0 Å². The van der Waals surface area contributed by atoms with E-state index < -0.39 is 49.5 Å². The first-order chi connectivity index (χ1) is 26.8. The Labute approximate surface area is 338 Å². The van der Waals surface area contributed by atoms with Crippen LogP contribution in [0.15, 0.2) is 0 Å². The fraction of sp³-hybridized carbons (Fsp3) is 0.978. The van der Waals surface area contributed by atoms with Gasteiger partial charge in [0.15, 0.2) is 6.29 Å². The van der Waals surface area contributed by atoms with Gasteiger partial charge in [0, 0.05) is 6.42 Å². The van der Waals surface area contributed by atoms with Crippen molar-refractivity contribution < 1.29 is 39.8 Å². The molecule has 1 amide bonds. The summed E-state index contributed by atoms with van der Waals surface area (Å²) >= 11 is 0. The van der Waals surface area contributed by atoms with E-state index in [1.165, 1.54) is 161 Å².